The molecule has 0 spiro atoms. The summed E-state index contributed by atoms with van der Waals surface area (Å²) in [6.07, 6.45) is 0. The molecule has 15 heavy (non-hydrogen) atoms. The van der Waals surface area contributed by atoms with Crippen molar-refractivity contribution in [1.82, 2.24) is 4.31 Å². The van der Waals surface area contributed by atoms with E-state index in [1.807, 2.05) is 0 Å². The molecule has 0 aliphatic heterocycles. The second-order valence-electron chi connectivity index (χ2n) is 3.20. The summed E-state index contributed by atoms with van der Waals surface area (Å²) in [4.78, 5) is 0.120. The van der Waals surface area contributed by atoms with Crippen LogP contribution in [0.15, 0.2) is 23.1 Å². The number of sulfonamides is 1. The predicted molar refractivity (Wildman–Crippen MR) is 58.2 cm³/mol. The first-order chi connectivity index (χ1) is 6.89. The fraction of sp³-hybridized carbons (Fsp3) is 0.333. The van der Waals surface area contributed by atoms with Gasteiger partial charge in [0.25, 0.3) is 0 Å². The average molecular weight is 250 g/mol. The van der Waals surface area contributed by atoms with Gasteiger partial charge in [0.2, 0.25) is 10.0 Å². The normalized spacial score (nSPS) is 12.1. The van der Waals surface area contributed by atoms with Crippen molar-refractivity contribution in [2.45, 2.75) is 11.5 Å². The Balaban J connectivity index is 3.25. The number of benzene rings is 1. The van der Waals surface area contributed by atoms with Gasteiger partial charge in [0.1, 0.15) is 0 Å². The maximum Gasteiger partial charge on any atom is 0.242 e. The standard InChI is InChI=1S/C9H12ClNO3S/c1-11(2)15(13,14)8-4-3-7(6-12)9(10)5-8/h3-5,12H,6H2,1-2H3. The highest BCUT2D eigenvalue weighted by Gasteiger charge is 2.17. The molecule has 4 nitrogen and oxygen atoms in total. The Morgan fingerprint density at radius 2 is 2.00 bits per heavy atom. The number of halogens is 1. The van der Waals surface area contributed by atoms with Crippen molar-refractivity contribution < 1.29 is 13.5 Å². The van der Waals surface area contributed by atoms with Crippen LogP contribution in [0.2, 0.25) is 5.02 Å². The smallest absolute Gasteiger partial charge is 0.242 e. The highest BCUT2D eigenvalue weighted by atomic mass is 35.5. The molecular formula is C9H12ClNO3S. The molecule has 0 saturated heterocycles. The largest absolute Gasteiger partial charge is 0.392 e. The summed E-state index contributed by atoms with van der Waals surface area (Å²) >= 11 is 5.80. The Kier molecular flexibility index (Phi) is 3.72. The maximum absolute atomic E-state index is 11.7. The molecule has 0 aromatic heterocycles. The van der Waals surface area contributed by atoms with Crippen molar-refractivity contribution >= 4 is 21.6 Å². The van der Waals surface area contributed by atoms with E-state index in [9.17, 15) is 8.42 Å². The van der Waals surface area contributed by atoms with Gasteiger partial charge >= 0.3 is 0 Å². The van der Waals surface area contributed by atoms with Crippen molar-refractivity contribution in [1.29, 1.82) is 0 Å². The molecule has 1 aromatic rings. The van der Waals surface area contributed by atoms with Crippen LogP contribution in [0.5, 0.6) is 0 Å². The lowest BCUT2D eigenvalue weighted by Crippen LogP contribution is -2.22. The highest BCUT2D eigenvalue weighted by Crippen LogP contribution is 2.22. The number of rotatable bonds is 3. The number of hydrogen-bond acceptors (Lipinski definition) is 3. The Morgan fingerprint density at radius 1 is 1.40 bits per heavy atom. The summed E-state index contributed by atoms with van der Waals surface area (Å²) in [5.74, 6) is 0. The molecule has 1 rings (SSSR count). The third kappa shape index (κ3) is 2.49. The van der Waals surface area contributed by atoms with Gasteiger partial charge < -0.3 is 5.11 Å². The van der Waals surface area contributed by atoms with Crippen LogP contribution in [-0.4, -0.2) is 31.9 Å². The number of hydrogen-bond donors (Lipinski definition) is 1. The van der Waals surface area contributed by atoms with Crippen LogP contribution in [0.1, 0.15) is 5.56 Å². The van der Waals surface area contributed by atoms with E-state index in [1.54, 1.807) is 0 Å². The fourth-order valence-electron chi connectivity index (χ4n) is 1.03. The monoisotopic (exact) mass is 249 g/mol. The van der Waals surface area contributed by atoms with Crippen molar-refractivity contribution in [3.05, 3.63) is 28.8 Å². The van der Waals surface area contributed by atoms with Crippen LogP contribution in [0.3, 0.4) is 0 Å². The summed E-state index contributed by atoms with van der Waals surface area (Å²) in [6.45, 7) is -0.207. The molecule has 0 aliphatic carbocycles. The minimum atomic E-state index is -3.46. The second kappa shape index (κ2) is 4.49. The Bertz CT molecular complexity index is 456. The third-order valence-corrected chi connectivity index (χ3v) is 4.14. The van der Waals surface area contributed by atoms with Gasteiger partial charge in [-0.3, -0.25) is 0 Å². The molecule has 0 saturated carbocycles. The SMILES string of the molecule is CN(C)S(=O)(=O)c1ccc(CO)c(Cl)c1. The van der Waals surface area contributed by atoms with Crippen LogP contribution in [0.4, 0.5) is 0 Å². The second-order valence-corrected chi connectivity index (χ2v) is 5.76. The van der Waals surface area contributed by atoms with Crippen LogP contribution in [0, 0.1) is 0 Å². The zero-order valence-corrected chi connectivity index (χ0v) is 10.0. The molecule has 0 heterocycles. The number of aliphatic hydroxyl groups excluding tert-OH is 1. The van der Waals surface area contributed by atoms with E-state index < -0.39 is 10.0 Å². The van der Waals surface area contributed by atoms with E-state index in [4.69, 9.17) is 16.7 Å². The molecule has 0 radical (unpaired) electrons. The summed E-state index contributed by atoms with van der Waals surface area (Å²) < 4.78 is 24.5. The molecule has 0 fully saturated rings. The summed E-state index contributed by atoms with van der Waals surface area (Å²) in [5, 5.41) is 9.13. The summed E-state index contributed by atoms with van der Waals surface area (Å²) in [7, 11) is -0.562. The van der Waals surface area contributed by atoms with E-state index in [0.717, 1.165) is 4.31 Å². The van der Waals surface area contributed by atoms with Crippen molar-refractivity contribution in [3.8, 4) is 0 Å². The zero-order chi connectivity index (χ0) is 11.6. The molecule has 0 bridgehead atoms. The molecule has 1 aromatic carbocycles. The Labute approximate surface area is 94.1 Å². The van der Waals surface area contributed by atoms with Crippen LogP contribution in [0.25, 0.3) is 0 Å². The van der Waals surface area contributed by atoms with E-state index in [1.165, 1.54) is 32.3 Å². The zero-order valence-electron chi connectivity index (χ0n) is 8.44. The van der Waals surface area contributed by atoms with Gasteiger partial charge in [0, 0.05) is 19.1 Å². The Hall–Kier alpha value is -0.620. The number of aliphatic hydroxyl groups is 1. The van der Waals surface area contributed by atoms with Gasteiger partial charge in [-0.15, -0.1) is 0 Å². The lowest BCUT2D eigenvalue weighted by Gasteiger charge is -2.12. The van der Waals surface area contributed by atoms with Crippen LogP contribution < -0.4 is 0 Å². The van der Waals surface area contributed by atoms with E-state index in [0.29, 0.717) is 5.56 Å². The van der Waals surface area contributed by atoms with Crippen molar-refractivity contribution in [2.75, 3.05) is 14.1 Å². The van der Waals surface area contributed by atoms with Crippen LogP contribution in [-0.2, 0) is 16.6 Å². The molecule has 1 N–H and O–H groups in total. The van der Waals surface area contributed by atoms with E-state index >= 15 is 0 Å². The highest BCUT2D eigenvalue weighted by molar-refractivity contribution is 7.89. The Morgan fingerprint density at radius 3 is 2.40 bits per heavy atom. The minimum absolute atomic E-state index is 0.120. The molecular weight excluding hydrogens is 238 g/mol. The van der Waals surface area contributed by atoms with E-state index in [-0.39, 0.29) is 16.5 Å². The quantitative estimate of drug-likeness (QED) is 0.872. The fourth-order valence-corrected chi connectivity index (χ4v) is 2.26. The molecule has 84 valence electrons. The maximum atomic E-state index is 11.7. The summed E-state index contributed by atoms with van der Waals surface area (Å²) in [6, 6.07) is 4.26. The molecule has 0 unspecified atom stereocenters. The third-order valence-electron chi connectivity index (χ3n) is 1.97. The lowest BCUT2D eigenvalue weighted by molar-refractivity contribution is 0.282. The first-order valence-corrected chi connectivity index (χ1v) is 6.03. The minimum Gasteiger partial charge on any atom is -0.392 e. The summed E-state index contributed by atoms with van der Waals surface area (Å²) in [5.41, 5.74) is 0.509. The van der Waals surface area contributed by atoms with Gasteiger partial charge in [-0.1, -0.05) is 17.7 Å². The van der Waals surface area contributed by atoms with Gasteiger partial charge in [0.05, 0.1) is 11.5 Å². The molecule has 0 atom stereocenters. The first kappa shape index (κ1) is 12.4. The lowest BCUT2D eigenvalue weighted by atomic mass is 10.2. The van der Waals surface area contributed by atoms with Gasteiger partial charge in [-0.25, -0.2) is 12.7 Å². The van der Waals surface area contributed by atoms with Crippen molar-refractivity contribution in [2.24, 2.45) is 0 Å². The molecule has 0 amide bonds. The van der Waals surface area contributed by atoms with Gasteiger partial charge in [-0.05, 0) is 17.7 Å². The van der Waals surface area contributed by atoms with Gasteiger partial charge in [-0.2, -0.15) is 0 Å². The molecule has 0 aliphatic rings. The van der Waals surface area contributed by atoms with Gasteiger partial charge in [0.15, 0.2) is 0 Å². The van der Waals surface area contributed by atoms with Crippen molar-refractivity contribution in [3.63, 3.8) is 0 Å². The predicted octanol–water partition coefficient (Wildman–Crippen LogP) is 1.08. The topological polar surface area (TPSA) is 57.6 Å². The average Bonchev–Trinajstić information content (AvgIpc) is 2.17. The van der Waals surface area contributed by atoms with E-state index in [2.05, 4.69) is 0 Å². The first-order valence-electron chi connectivity index (χ1n) is 4.21. The van der Waals surface area contributed by atoms with Crippen LogP contribution >= 0.6 is 11.6 Å². The molecule has 6 heteroatoms. The number of nitrogens with zero attached hydrogens (tertiary/aromatic N) is 1.